The van der Waals surface area contributed by atoms with Gasteiger partial charge in [0.2, 0.25) is 0 Å². The van der Waals surface area contributed by atoms with Crippen LogP contribution in [0.1, 0.15) is 42.1 Å². The molecule has 2 aromatic carbocycles. The number of aliphatic hydroxyl groups excluding tert-OH is 1. The highest BCUT2D eigenvalue weighted by atomic mass is 16.5. The molecule has 2 N–H and O–H groups in total. The third kappa shape index (κ3) is 4.48. The number of methoxy groups -OCH3 is 1. The highest BCUT2D eigenvalue weighted by Gasteiger charge is 2.46. The fourth-order valence-electron chi connectivity index (χ4n) is 3.91. The normalized spacial score (nSPS) is 17.9. The summed E-state index contributed by atoms with van der Waals surface area (Å²) in [4.78, 5) is 27.4. The molecule has 3 rings (SSSR count). The van der Waals surface area contributed by atoms with Crippen LogP contribution in [0.25, 0.3) is 5.76 Å². The number of hydrogen-bond acceptors (Lipinski definition) is 6. The standard InChI is InChI=1S/C25H29NO6/c1-14(2)32-11-10-26-22(17-6-8-18(27)9-7-17)21(24(29)25(26)30)23(28)19-12-16(4)20(31-5)13-15(19)3/h6-9,12-14,22,27-28H,10-11H2,1-5H3/b23-21+. The van der Waals surface area contributed by atoms with Gasteiger partial charge in [-0.1, -0.05) is 12.1 Å². The van der Waals surface area contributed by atoms with Gasteiger partial charge in [-0.25, -0.2) is 0 Å². The molecule has 32 heavy (non-hydrogen) atoms. The van der Waals surface area contributed by atoms with Gasteiger partial charge in [0.25, 0.3) is 11.7 Å². The maximum atomic E-state index is 13.1. The molecule has 0 radical (unpaired) electrons. The lowest BCUT2D eigenvalue weighted by molar-refractivity contribution is -0.140. The van der Waals surface area contributed by atoms with Gasteiger partial charge in [-0.2, -0.15) is 0 Å². The molecule has 7 nitrogen and oxygen atoms in total. The molecule has 1 unspecified atom stereocenters. The highest BCUT2D eigenvalue weighted by molar-refractivity contribution is 6.46. The minimum Gasteiger partial charge on any atom is -0.508 e. The van der Waals surface area contributed by atoms with E-state index < -0.39 is 17.7 Å². The Morgan fingerprint density at radius 3 is 2.34 bits per heavy atom. The zero-order chi connectivity index (χ0) is 23.6. The summed E-state index contributed by atoms with van der Waals surface area (Å²) in [5.74, 6) is -0.953. The second-order valence-electron chi connectivity index (χ2n) is 8.14. The average Bonchev–Trinajstić information content (AvgIpc) is 3.00. The van der Waals surface area contributed by atoms with E-state index in [2.05, 4.69) is 0 Å². The van der Waals surface area contributed by atoms with E-state index in [0.717, 1.165) is 5.56 Å². The fraction of sp³-hybridized carbons (Fsp3) is 0.360. The number of ketones is 1. The zero-order valence-electron chi connectivity index (χ0n) is 19.0. The summed E-state index contributed by atoms with van der Waals surface area (Å²) in [6, 6.07) is 8.99. The van der Waals surface area contributed by atoms with Crippen molar-refractivity contribution in [3.8, 4) is 11.5 Å². The number of aliphatic hydroxyl groups is 1. The number of amides is 1. The van der Waals surface area contributed by atoms with Crippen LogP contribution in [0.2, 0.25) is 0 Å². The second-order valence-corrected chi connectivity index (χ2v) is 8.14. The maximum absolute atomic E-state index is 13.1. The number of nitrogens with zero attached hydrogens (tertiary/aromatic N) is 1. The molecule has 1 heterocycles. The second kappa shape index (κ2) is 9.44. The number of hydrogen-bond donors (Lipinski definition) is 2. The first-order valence-corrected chi connectivity index (χ1v) is 10.5. The molecule has 0 aliphatic carbocycles. The van der Waals surface area contributed by atoms with Crippen molar-refractivity contribution >= 4 is 17.4 Å². The van der Waals surface area contributed by atoms with Crippen molar-refractivity contribution in [3.63, 3.8) is 0 Å². The van der Waals surface area contributed by atoms with E-state index >= 15 is 0 Å². The summed E-state index contributed by atoms with van der Waals surface area (Å²) in [7, 11) is 1.57. The molecule has 170 valence electrons. The summed E-state index contributed by atoms with van der Waals surface area (Å²) in [5.41, 5.74) is 2.58. The molecule has 2 aromatic rings. The van der Waals surface area contributed by atoms with Crippen molar-refractivity contribution in [1.29, 1.82) is 0 Å². The first-order chi connectivity index (χ1) is 15.1. The highest BCUT2D eigenvalue weighted by Crippen LogP contribution is 2.40. The third-order valence-corrected chi connectivity index (χ3v) is 5.53. The Bertz CT molecular complexity index is 1050. The van der Waals surface area contributed by atoms with Crippen molar-refractivity contribution < 1.29 is 29.3 Å². The monoisotopic (exact) mass is 439 g/mol. The number of rotatable bonds is 7. The Hall–Kier alpha value is -3.32. The van der Waals surface area contributed by atoms with Crippen molar-refractivity contribution in [2.24, 2.45) is 0 Å². The number of Topliss-reactive ketones (excluding diaryl/α,β-unsaturated/α-hetero) is 1. The molecule has 0 aromatic heterocycles. The Kier molecular flexibility index (Phi) is 6.89. The van der Waals surface area contributed by atoms with Crippen molar-refractivity contribution in [2.75, 3.05) is 20.3 Å². The maximum Gasteiger partial charge on any atom is 0.295 e. The van der Waals surface area contributed by atoms with Crippen molar-refractivity contribution in [2.45, 2.75) is 39.8 Å². The first-order valence-electron chi connectivity index (χ1n) is 10.5. The smallest absolute Gasteiger partial charge is 0.295 e. The van der Waals surface area contributed by atoms with Crippen LogP contribution >= 0.6 is 0 Å². The zero-order valence-corrected chi connectivity index (χ0v) is 19.0. The van der Waals surface area contributed by atoms with Crippen molar-refractivity contribution in [1.82, 2.24) is 4.90 Å². The van der Waals surface area contributed by atoms with E-state index in [1.165, 1.54) is 17.0 Å². The molecular formula is C25H29NO6. The van der Waals surface area contributed by atoms with Crippen LogP contribution in [0.4, 0.5) is 0 Å². The fourth-order valence-corrected chi connectivity index (χ4v) is 3.91. The average molecular weight is 440 g/mol. The molecule has 0 bridgehead atoms. The first kappa shape index (κ1) is 23.3. The number of ether oxygens (including phenoxy) is 2. The molecule has 7 heteroatoms. The molecule has 0 saturated carbocycles. The molecule has 1 aliphatic heterocycles. The number of carbonyl (C=O) groups excluding carboxylic acids is 2. The minimum absolute atomic E-state index is 0.0119. The summed E-state index contributed by atoms with van der Waals surface area (Å²) in [6.07, 6.45) is -0.0242. The van der Waals surface area contributed by atoms with E-state index in [-0.39, 0.29) is 36.3 Å². The van der Waals surface area contributed by atoms with E-state index in [9.17, 15) is 19.8 Å². The van der Waals surface area contributed by atoms with Crippen LogP contribution in [0.3, 0.4) is 0 Å². The Morgan fingerprint density at radius 1 is 1.09 bits per heavy atom. The van der Waals surface area contributed by atoms with Crippen LogP contribution in [0.5, 0.6) is 11.5 Å². The number of phenols is 1. The number of phenolic OH excluding ortho intramolecular Hbond substituents is 1. The molecule has 1 fully saturated rings. The van der Waals surface area contributed by atoms with E-state index in [4.69, 9.17) is 9.47 Å². The van der Waals surface area contributed by atoms with E-state index in [1.54, 1.807) is 38.3 Å². The Balaban J connectivity index is 2.15. The molecule has 1 atom stereocenters. The van der Waals surface area contributed by atoms with Gasteiger partial charge in [-0.05, 0) is 68.7 Å². The van der Waals surface area contributed by atoms with Crippen molar-refractivity contribution in [3.05, 3.63) is 64.2 Å². The summed E-state index contributed by atoms with van der Waals surface area (Å²) in [5, 5.41) is 21.0. The summed E-state index contributed by atoms with van der Waals surface area (Å²) < 4.78 is 10.9. The Morgan fingerprint density at radius 2 is 1.75 bits per heavy atom. The van der Waals surface area contributed by atoms with Gasteiger partial charge in [0, 0.05) is 12.1 Å². The third-order valence-electron chi connectivity index (χ3n) is 5.53. The van der Waals surface area contributed by atoms with E-state index in [1.807, 2.05) is 20.8 Å². The lowest BCUT2D eigenvalue weighted by Crippen LogP contribution is -2.33. The van der Waals surface area contributed by atoms with Gasteiger partial charge >= 0.3 is 0 Å². The predicted molar refractivity (Wildman–Crippen MR) is 121 cm³/mol. The van der Waals surface area contributed by atoms with Crippen LogP contribution in [-0.4, -0.2) is 53.2 Å². The SMILES string of the molecule is COc1cc(C)c(/C(O)=C2\C(=O)C(=O)N(CCOC(C)C)C2c2ccc(O)cc2)cc1C. The number of carbonyl (C=O) groups is 2. The summed E-state index contributed by atoms with van der Waals surface area (Å²) >= 11 is 0. The van der Waals surface area contributed by atoms with Crippen LogP contribution < -0.4 is 4.74 Å². The van der Waals surface area contributed by atoms with E-state index in [0.29, 0.717) is 22.4 Å². The molecule has 1 aliphatic rings. The van der Waals surface area contributed by atoms with Crippen LogP contribution in [0.15, 0.2) is 42.0 Å². The van der Waals surface area contributed by atoms with Gasteiger partial charge in [0.15, 0.2) is 0 Å². The van der Waals surface area contributed by atoms with Gasteiger partial charge in [0.05, 0.1) is 31.4 Å². The number of benzene rings is 2. The number of aryl methyl sites for hydroxylation is 2. The number of likely N-dealkylation sites (tertiary alicyclic amines) is 1. The van der Waals surface area contributed by atoms with Gasteiger partial charge in [-0.15, -0.1) is 0 Å². The molecule has 1 amide bonds. The van der Waals surface area contributed by atoms with Crippen LogP contribution in [0, 0.1) is 13.8 Å². The van der Waals surface area contributed by atoms with Gasteiger partial charge < -0.3 is 24.6 Å². The largest absolute Gasteiger partial charge is 0.508 e. The van der Waals surface area contributed by atoms with Gasteiger partial charge in [-0.3, -0.25) is 9.59 Å². The molecular weight excluding hydrogens is 410 g/mol. The quantitative estimate of drug-likeness (QED) is 0.386. The lowest BCUT2D eigenvalue weighted by Gasteiger charge is -2.26. The molecule has 0 spiro atoms. The molecule has 1 saturated heterocycles. The minimum atomic E-state index is -0.798. The number of aromatic hydroxyl groups is 1. The lowest BCUT2D eigenvalue weighted by atomic mass is 9.93. The topological polar surface area (TPSA) is 96.3 Å². The summed E-state index contributed by atoms with van der Waals surface area (Å²) in [6.45, 7) is 7.86. The van der Waals surface area contributed by atoms with Crippen LogP contribution in [-0.2, 0) is 14.3 Å². The van der Waals surface area contributed by atoms with Gasteiger partial charge in [0.1, 0.15) is 17.3 Å². The Labute approximate surface area is 187 Å². The predicted octanol–water partition coefficient (Wildman–Crippen LogP) is 3.86.